The number of esters is 1. The monoisotopic (exact) mass is 494 g/mol. The Kier molecular flexibility index (Phi) is 7.41. The summed E-state index contributed by atoms with van der Waals surface area (Å²) in [5.41, 5.74) is 3.73. The first-order valence-corrected chi connectivity index (χ1v) is 13.1. The van der Waals surface area contributed by atoms with Crippen LogP contribution in [0.4, 0.5) is 15.8 Å². The van der Waals surface area contributed by atoms with Crippen LogP contribution in [0.1, 0.15) is 60.9 Å². The van der Waals surface area contributed by atoms with Crippen LogP contribution in [0.2, 0.25) is 0 Å². The Hall–Kier alpha value is -3.13. The second-order valence-electron chi connectivity index (χ2n) is 10.2. The van der Waals surface area contributed by atoms with Crippen molar-refractivity contribution < 1.29 is 18.7 Å². The maximum Gasteiger partial charge on any atom is 0.308 e. The Bertz CT molecular complexity index is 1080. The van der Waals surface area contributed by atoms with Crippen molar-refractivity contribution in [3.63, 3.8) is 0 Å². The van der Waals surface area contributed by atoms with Crippen molar-refractivity contribution in [1.82, 2.24) is 10.2 Å². The summed E-state index contributed by atoms with van der Waals surface area (Å²) in [6.07, 6.45) is 6.56. The van der Waals surface area contributed by atoms with Crippen molar-refractivity contribution in [1.29, 1.82) is 0 Å². The first kappa shape index (κ1) is 24.6. The molecule has 7 nitrogen and oxygen atoms in total. The van der Waals surface area contributed by atoms with E-state index in [2.05, 4.69) is 38.6 Å². The molecule has 36 heavy (non-hydrogen) atoms. The van der Waals surface area contributed by atoms with Gasteiger partial charge < -0.3 is 20.3 Å². The molecule has 2 heterocycles. The zero-order valence-electron chi connectivity index (χ0n) is 20.8. The number of halogens is 1. The number of nitrogens with zero attached hydrogens (tertiary/aromatic N) is 2. The fraction of sp³-hybridized carbons (Fsp3) is 0.500. The molecule has 2 N–H and O–H groups in total. The smallest absolute Gasteiger partial charge is 0.308 e. The van der Waals surface area contributed by atoms with Gasteiger partial charge in [-0.05, 0) is 93.6 Å². The van der Waals surface area contributed by atoms with Crippen LogP contribution in [0.25, 0.3) is 0 Å². The van der Waals surface area contributed by atoms with Gasteiger partial charge in [-0.25, -0.2) is 4.39 Å². The zero-order chi connectivity index (χ0) is 25.1. The van der Waals surface area contributed by atoms with Gasteiger partial charge in [-0.3, -0.25) is 14.5 Å². The average Bonchev–Trinajstić information content (AvgIpc) is 3.26. The van der Waals surface area contributed by atoms with Gasteiger partial charge in [-0.15, -0.1) is 0 Å². The molecule has 0 bridgehead atoms. The number of amides is 1. The first-order chi connectivity index (χ1) is 17.5. The molecule has 5 rings (SSSR count). The van der Waals surface area contributed by atoms with Gasteiger partial charge in [-0.1, -0.05) is 12.5 Å². The number of piperidine rings is 1. The molecule has 0 aromatic heterocycles. The summed E-state index contributed by atoms with van der Waals surface area (Å²) in [5, 5.41) is 6.59. The van der Waals surface area contributed by atoms with Crippen LogP contribution in [0.5, 0.6) is 0 Å². The Morgan fingerprint density at radius 1 is 1.03 bits per heavy atom. The molecule has 2 aromatic rings. The van der Waals surface area contributed by atoms with Crippen molar-refractivity contribution >= 4 is 23.3 Å². The lowest BCUT2D eigenvalue weighted by Crippen LogP contribution is -2.54. The normalized spacial score (nSPS) is 24.1. The quantitative estimate of drug-likeness (QED) is 0.577. The second-order valence-corrected chi connectivity index (χ2v) is 10.2. The van der Waals surface area contributed by atoms with Crippen LogP contribution >= 0.6 is 0 Å². The lowest BCUT2D eigenvalue weighted by Gasteiger charge is -2.38. The van der Waals surface area contributed by atoms with Crippen molar-refractivity contribution in [2.75, 3.05) is 30.4 Å². The van der Waals surface area contributed by atoms with E-state index in [4.69, 9.17) is 4.74 Å². The highest BCUT2D eigenvalue weighted by Crippen LogP contribution is 2.40. The molecule has 1 amide bonds. The molecule has 1 atom stereocenters. The van der Waals surface area contributed by atoms with Gasteiger partial charge in [0, 0.05) is 18.2 Å². The molecule has 8 heteroatoms. The topological polar surface area (TPSA) is 73.9 Å². The maximum atomic E-state index is 13.4. The zero-order valence-corrected chi connectivity index (χ0v) is 20.8. The van der Waals surface area contributed by atoms with E-state index in [-0.39, 0.29) is 29.7 Å². The molecule has 1 aliphatic carbocycles. The lowest BCUT2D eigenvalue weighted by atomic mass is 9.85. The van der Waals surface area contributed by atoms with E-state index < -0.39 is 6.29 Å². The number of hydrogen-bond acceptors (Lipinski definition) is 6. The summed E-state index contributed by atoms with van der Waals surface area (Å²) in [6.45, 7) is 3.18. The van der Waals surface area contributed by atoms with Gasteiger partial charge in [0.05, 0.1) is 24.4 Å². The number of likely N-dealkylation sites (tertiary alicyclic amines) is 1. The number of benzene rings is 2. The van der Waals surface area contributed by atoms with Crippen LogP contribution in [0.3, 0.4) is 0 Å². The molecule has 2 aliphatic heterocycles. The van der Waals surface area contributed by atoms with E-state index in [1.807, 2.05) is 0 Å². The van der Waals surface area contributed by atoms with Crippen LogP contribution in [0, 0.1) is 11.7 Å². The van der Waals surface area contributed by atoms with Gasteiger partial charge in [-0.2, -0.15) is 0 Å². The lowest BCUT2D eigenvalue weighted by molar-refractivity contribution is -0.146. The molecular formula is C28H35FN4O3. The van der Waals surface area contributed by atoms with Crippen molar-refractivity contribution in [2.45, 2.75) is 63.8 Å². The van der Waals surface area contributed by atoms with E-state index in [0.29, 0.717) is 5.56 Å². The van der Waals surface area contributed by atoms with Crippen LogP contribution < -0.4 is 15.5 Å². The predicted molar refractivity (Wildman–Crippen MR) is 137 cm³/mol. The largest absolute Gasteiger partial charge is 0.469 e. The number of nitrogens with one attached hydrogen (secondary N) is 2. The minimum atomic E-state index is -0.428. The number of methoxy groups -OCH3 is 1. The fourth-order valence-electron chi connectivity index (χ4n) is 5.82. The second kappa shape index (κ2) is 10.9. The molecule has 2 aromatic carbocycles. The molecule has 3 aliphatic rings. The summed E-state index contributed by atoms with van der Waals surface area (Å²) < 4.78 is 18.3. The van der Waals surface area contributed by atoms with Crippen molar-refractivity contribution in [2.24, 2.45) is 5.92 Å². The predicted octanol–water partition coefficient (Wildman–Crippen LogP) is 4.49. The van der Waals surface area contributed by atoms with Crippen molar-refractivity contribution in [3.05, 3.63) is 59.4 Å². The Labute approximate surface area is 212 Å². The first-order valence-electron chi connectivity index (χ1n) is 13.1. The molecule has 1 saturated heterocycles. The minimum absolute atomic E-state index is 0.0704. The number of carbonyl (C=O) groups is 2. The average molecular weight is 495 g/mol. The maximum absolute atomic E-state index is 13.4. The molecule has 1 saturated carbocycles. The van der Waals surface area contributed by atoms with Crippen LogP contribution in [0.15, 0.2) is 42.5 Å². The van der Waals surface area contributed by atoms with Crippen LogP contribution in [-0.4, -0.2) is 49.3 Å². The number of carbonyl (C=O) groups excluding carboxylic acids is 2. The highest BCUT2D eigenvalue weighted by molar-refractivity contribution is 5.95. The van der Waals surface area contributed by atoms with Gasteiger partial charge in [0.2, 0.25) is 0 Å². The van der Waals surface area contributed by atoms with E-state index in [0.717, 1.165) is 56.7 Å². The number of anilines is 2. The van der Waals surface area contributed by atoms with Gasteiger partial charge in [0.25, 0.3) is 5.91 Å². The molecule has 1 unspecified atom stereocenters. The van der Waals surface area contributed by atoms with Gasteiger partial charge in [0.15, 0.2) is 6.29 Å². The molecule has 0 spiro atoms. The van der Waals surface area contributed by atoms with E-state index in [1.54, 1.807) is 0 Å². The number of fused-ring (bicyclic) bond motifs is 1. The SMILES string of the molecule is COC(=O)C1CCC(N2c3cc(CN4CCCCC4)ccc3NC2NC(=O)c2ccc(F)cc2)CC1. The molecule has 2 fully saturated rings. The minimum Gasteiger partial charge on any atom is -0.469 e. The van der Waals surface area contributed by atoms with Crippen molar-refractivity contribution in [3.8, 4) is 0 Å². The number of hydrogen-bond donors (Lipinski definition) is 2. The molecular weight excluding hydrogens is 459 g/mol. The third kappa shape index (κ3) is 5.33. The van der Waals surface area contributed by atoms with Gasteiger partial charge in [0.1, 0.15) is 5.82 Å². The summed E-state index contributed by atoms with van der Waals surface area (Å²) in [5.74, 6) is -0.845. The van der Waals surface area contributed by atoms with Gasteiger partial charge >= 0.3 is 5.97 Å². The highest BCUT2D eigenvalue weighted by atomic mass is 19.1. The summed E-state index contributed by atoms with van der Waals surface area (Å²) in [6, 6.07) is 12.3. The standard InChI is InChI=1S/C28H35FN4O3/c1-36-27(35)21-8-12-23(13-9-21)33-25-17-19(18-32-15-3-2-4-16-32)5-14-24(25)30-28(33)31-26(34)20-6-10-22(29)11-7-20/h5-7,10-11,14,17,21,23,28,30H,2-4,8-9,12-13,15-16,18H2,1H3,(H,31,34). The molecule has 192 valence electrons. The Balaban J connectivity index is 1.37. The Morgan fingerprint density at radius 2 is 1.75 bits per heavy atom. The fourth-order valence-corrected chi connectivity index (χ4v) is 5.82. The summed E-state index contributed by atoms with van der Waals surface area (Å²) in [7, 11) is 1.44. The van der Waals surface area contributed by atoms with E-state index in [9.17, 15) is 14.0 Å². The van der Waals surface area contributed by atoms with E-state index in [1.165, 1.54) is 56.2 Å². The third-order valence-electron chi connectivity index (χ3n) is 7.76. The third-order valence-corrected chi connectivity index (χ3v) is 7.76. The highest BCUT2D eigenvalue weighted by Gasteiger charge is 2.38. The number of rotatable bonds is 6. The Morgan fingerprint density at radius 3 is 2.44 bits per heavy atom. The van der Waals surface area contributed by atoms with Crippen LogP contribution in [-0.2, 0) is 16.1 Å². The summed E-state index contributed by atoms with van der Waals surface area (Å²) in [4.78, 5) is 29.9. The number of ether oxygens (including phenoxy) is 1. The molecule has 0 radical (unpaired) electrons. The summed E-state index contributed by atoms with van der Waals surface area (Å²) >= 11 is 0. The van der Waals surface area contributed by atoms with E-state index >= 15 is 0 Å².